The lowest BCUT2D eigenvalue weighted by Crippen LogP contribution is -2.33. The Bertz CT molecular complexity index is 887. The first kappa shape index (κ1) is 21.0. The summed E-state index contributed by atoms with van der Waals surface area (Å²) in [5.74, 6) is 0.462. The van der Waals surface area contributed by atoms with Crippen molar-refractivity contribution >= 4 is 29.9 Å². The molecule has 3 rings (SSSR count). The molecule has 0 aliphatic heterocycles. The first-order chi connectivity index (χ1) is 12.6. The van der Waals surface area contributed by atoms with E-state index < -0.39 is 0 Å². The predicted molar refractivity (Wildman–Crippen MR) is 122 cm³/mol. The van der Waals surface area contributed by atoms with Crippen molar-refractivity contribution in [2.45, 2.75) is 26.8 Å². The molecular formula is C21H26IN5. The zero-order valence-corrected chi connectivity index (χ0v) is 18.1. The van der Waals surface area contributed by atoms with Crippen molar-refractivity contribution in [1.29, 1.82) is 0 Å². The molecule has 0 unspecified atom stereocenters. The molecule has 0 saturated heterocycles. The second-order valence-electron chi connectivity index (χ2n) is 6.33. The highest BCUT2D eigenvalue weighted by Gasteiger charge is 2.08. The van der Waals surface area contributed by atoms with Gasteiger partial charge in [0.1, 0.15) is 0 Å². The second kappa shape index (κ2) is 10.1. The van der Waals surface area contributed by atoms with Crippen molar-refractivity contribution in [2.24, 2.45) is 10.7 Å². The van der Waals surface area contributed by atoms with Crippen LogP contribution in [0.3, 0.4) is 0 Å². The number of aliphatic imine (C=N–C) groups is 1. The number of guanidine groups is 1. The van der Waals surface area contributed by atoms with Crippen LogP contribution < -0.4 is 11.1 Å². The fraction of sp³-hybridized carbons (Fsp3) is 0.238. The van der Waals surface area contributed by atoms with Gasteiger partial charge in [0.05, 0.1) is 17.9 Å². The monoisotopic (exact) mass is 475 g/mol. The quantitative estimate of drug-likeness (QED) is 0.324. The number of hydrogen-bond acceptors (Lipinski definition) is 2. The third-order valence-corrected chi connectivity index (χ3v) is 4.21. The van der Waals surface area contributed by atoms with Gasteiger partial charge in [0.25, 0.3) is 0 Å². The summed E-state index contributed by atoms with van der Waals surface area (Å²) in [6, 6.07) is 20.5. The SMILES string of the molecule is Cc1cc(C)n(-c2ccccc2CN=C(N)NCCc2ccccc2)n1.I. The van der Waals surface area contributed by atoms with Crippen molar-refractivity contribution in [3.8, 4) is 5.69 Å². The Morgan fingerprint density at radius 2 is 1.78 bits per heavy atom. The van der Waals surface area contributed by atoms with Crippen molar-refractivity contribution < 1.29 is 0 Å². The molecule has 27 heavy (non-hydrogen) atoms. The molecule has 6 heteroatoms. The van der Waals surface area contributed by atoms with Gasteiger partial charge in [-0.3, -0.25) is 0 Å². The summed E-state index contributed by atoms with van der Waals surface area (Å²) in [5.41, 5.74) is 11.5. The Balaban J connectivity index is 0.00000261. The third kappa shape index (κ3) is 5.82. The molecule has 1 heterocycles. The summed E-state index contributed by atoms with van der Waals surface area (Å²) in [5, 5.41) is 7.75. The van der Waals surface area contributed by atoms with Crippen LogP contribution >= 0.6 is 24.0 Å². The molecule has 3 N–H and O–H groups in total. The van der Waals surface area contributed by atoms with E-state index in [4.69, 9.17) is 5.73 Å². The summed E-state index contributed by atoms with van der Waals surface area (Å²) < 4.78 is 1.96. The Labute approximate surface area is 177 Å². The lowest BCUT2D eigenvalue weighted by molar-refractivity contribution is 0.813. The topological polar surface area (TPSA) is 68.2 Å². The van der Waals surface area contributed by atoms with Gasteiger partial charge >= 0.3 is 0 Å². The lowest BCUT2D eigenvalue weighted by Gasteiger charge is -2.10. The molecule has 0 aliphatic carbocycles. The minimum Gasteiger partial charge on any atom is -0.370 e. The number of nitrogens with one attached hydrogen (secondary N) is 1. The number of rotatable bonds is 6. The minimum atomic E-state index is 0. The van der Waals surface area contributed by atoms with E-state index in [2.05, 4.69) is 52.7 Å². The third-order valence-electron chi connectivity index (χ3n) is 4.21. The van der Waals surface area contributed by atoms with Crippen LogP contribution in [0, 0.1) is 13.8 Å². The normalized spacial score (nSPS) is 11.1. The van der Waals surface area contributed by atoms with Gasteiger partial charge in [0.2, 0.25) is 0 Å². The van der Waals surface area contributed by atoms with E-state index in [-0.39, 0.29) is 24.0 Å². The standard InChI is InChI=1S/C21H25N5.HI/c1-16-14-17(2)26(25-16)20-11-7-6-10-19(20)15-24-21(22)23-13-12-18-8-4-3-5-9-18;/h3-11,14H,12-13,15H2,1-2H3,(H3,22,23,24);1H. The summed E-state index contributed by atoms with van der Waals surface area (Å²) in [6.45, 7) is 5.33. The predicted octanol–water partition coefficient (Wildman–Crippen LogP) is 3.75. The number of aromatic nitrogens is 2. The van der Waals surface area contributed by atoms with Gasteiger partial charge in [-0.15, -0.1) is 24.0 Å². The molecule has 0 spiro atoms. The average molecular weight is 475 g/mol. The largest absolute Gasteiger partial charge is 0.370 e. The van der Waals surface area contributed by atoms with Crippen molar-refractivity contribution in [1.82, 2.24) is 15.1 Å². The highest BCUT2D eigenvalue weighted by atomic mass is 127. The highest BCUT2D eigenvalue weighted by Crippen LogP contribution is 2.17. The van der Waals surface area contributed by atoms with Gasteiger partial charge in [0.15, 0.2) is 5.96 Å². The fourth-order valence-electron chi connectivity index (χ4n) is 2.93. The number of para-hydroxylation sites is 1. The Morgan fingerprint density at radius 3 is 2.48 bits per heavy atom. The van der Waals surface area contributed by atoms with E-state index >= 15 is 0 Å². The zero-order valence-electron chi connectivity index (χ0n) is 15.7. The molecular weight excluding hydrogens is 449 g/mol. The Hall–Kier alpha value is -2.35. The molecule has 142 valence electrons. The number of nitrogens with two attached hydrogens (primary N) is 1. The molecule has 0 fully saturated rings. The zero-order chi connectivity index (χ0) is 18.4. The van der Waals surface area contributed by atoms with E-state index in [9.17, 15) is 0 Å². The van der Waals surface area contributed by atoms with Crippen LogP contribution in [0.4, 0.5) is 0 Å². The maximum Gasteiger partial charge on any atom is 0.188 e. The molecule has 0 amide bonds. The van der Waals surface area contributed by atoms with Crippen LogP contribution in [-0.2, 0) is 13.0 Å². The number of halogens is 1. The molecule has 0 radical (unpaired) electrons. The number of hydrogen-bond donors (Lipinski definition) is 2. The van der Waals surface area contributed by atoms with Crippen molar-refractivity contribution in [2.75, 3.05) is 6.54 Å². The van der Waals surface area contributed by atoms with Crippen molar-refractivity contribution in [3.05, 3.63) is 83.2 Å². The van der Waals surface area contributed by atoms with Crippen LogP contribution in [0.5, 0.6) is 0 Å². The lowest BCUT2D eigenvalue weighted by atomic mass is 10.1. The summed E-state index contributed by atoms with van der Waals surface area (Å²) in [4.78, 5) is 4.49. The molecule has 0 saturated carbocycles. The van der Waals surface area contributed by atoms with Gasteiger partial charge < -0.3 is 11.1 Å². The molecule has 1 aromatic heterocycles. The molecule has 0 atom stereocenters. The summed E-state index contributed by atoms with van der Waals surface area (Å²) >= 11 is 0. The maximum atomic E-state index is 6.02. The maximum absolute atomic E-state index is 6.02. The molecule has 3 aromatic rings. The van der Waals surface area contributed by atoms with Crippen LogP contribution in [-0.4, -0.2) is 22.3 Å². The van der Waals surface area contributed by atoms with E-state index in [0.29, 0.717) is 12.5 Å². The van der Waals surface area contributed by atoms with Crippen LogP contribution in [0.15, 0.2) is 65.7 Å². The number of nitrogens with zero attached hydrogens (tertiary/aromatic N) is 3. The first-order valence-electron chi connectivity index (χ1n) is 8.83. The molecule has 0 aliphatic rings. The smallest absolute Gasteiger partial charge is 0.188 e. The minimum absolute atomic E-state index is 0. The Kier molecular flexibility index (Phi) is 7.84. The second-order valence-corrected chi connectivity index (χ2v) is 6.33. The van der Waals surface area contributed by atoms with E-state index in [1.54, 1.807) is 0 Å². The first-order valence-corrected chi connectivity index (χ1v) is 8.83. The van der Waals surface area contributed by atoms with Crippen LogP contribution in [0.1, 0.15) is 22.5 Å². The number of benzene rings is 2. The van der Waals surface area contributed by atoms with E-state index in [1.807, 2.05) is 41.9 Å². The summed E-state index contributed by atoms with van der Waals surface area (Å²) in [7, 11) is 0. The van der Waals surface area contributed by atoms with Crippen LogP contribution in [0.2, 0.25) is 0 Å². The van der Waals surface area contributed by atoms with Gasteiger partial charge in [-0.05, 0) is 43.5 Å². The molecule has 0 bridgehead atoms. The van der Waals surface area contributed by atoms with E-state index in [0.717, 1.165) is 35.6 Å². The van der Waals surface area contributed by atoms with Crippen molar-refractivity contribution in [3.63, 3.8) is 0 Å². The average Bonchev–Trinajstić information content (AvgIpc) is 2.99. The van der Waals surface area contributed by atoms with E-state index in [1.165, 1.54) is 5.56 Å². The number of aryl methyl sites for hydroxylation is 2. The summed E-state index contributed by atoms with van der Waals surface area (Å²) in [6.07, 6.45) is 0.916. The highest BCUT2D eigenvalue weighted by molar-refractivity contribution is 14.0. The van der Waals surface area contributed by atoms with Gasteiger partial charge in [-0.1, -0.05) is 48.5 Å². The van der Waals surface area contributed by atoms with Gasteiger partial charge in [-0.2, -0.15) is 5.10 Å². The van der Waals surface area contributed by atoms with Crippen LogP contribution in [0.25, 0.3) is 5.69 Å². The van der Waals surface area contributed by atoms with Gasteiger partial charge in [-0.25, -0.2) is 9.67 Å². The van der Waals surface area contributed by atoms with Gasteiger partial charge in [0, 0.05) is 12.2 Å². The molecule has 2 aromatic carbocycles. The Morgan fingerprint density at radius 1 is 1.07 bits per heavy atom. The fourth-order valence-corrected chi connectivity index (χ4v) is 2.93. The molecule has 5 nitrogen and oxygen atoms in total.